The molecule has 0 unspecified atom stereocenters. The molecule has 1 heterocycles. The van der Waals surface area contributed by atoms with Crippen LogP contribution < -0.4 is 5.73 Å². The molecule has 1 amide bonds. The second-order valence-electron chi connectivity index (χ2n) is 4.93. The lowest BCUT2D eigenvalue weighted by Gasteiger charge is -2.31. The Labute approximate surface area is 114 Å². The molecule has 0 aromatic carbocycles. The van der Waals surface area contributed by atoms with Crippen molar-refractivity contribution in [1.29, 1.82) is 0 Å². The highest BCUT2D eigenvalue weighted by atomic mass is 32.1. The Kier molecular flexibility index (Phi) is 6.52. The van der Waals surface area contributed by atoms with Crippen molar-refractivity contribution < 1.29 is 9.90 Å². The van der Waals surface area contributed by atoms with E-state index in [1.165, 1.54) is 0 Å². The molecule has 0 bridgehead atoms. The van der Waals surface area contributed by atoms with Crippen molar-refractivity contribution in [3.8, 4) is 0 Å². The number of rotatable bonds is 6. The molecular weight excluding hydrogens is 250 g/mol. The van der Waals surface area contributed by atoms with Gasteiger partial charge in [-0.1, -0.05) is 12.2 Å². The summed E-state index contributed by atoms with van der Waals surface area (Å²) in [5, 5.41) is 9.05. The van der Waals surface area contributed by atoms with Gasteiger partial charge in [-0.3, -0.25) is 9.69 Å². The number of thiocarbonyl (C=S) groups is 1. The minimum Gasteiger partial charge on any atom is -0.396 e. The molecule has 0 aromatic rings. The van der Waals surface area contributed by atoms with Gasteiger partial charge in [-0.25, -0.2) is 0 Å². The molecule has 0 spiro atoms. The minimum absolute atomic E-state index is 0.105. The molecule has 1 fully saturated rings. The van der Waals surface area contributed by atoms with E-state index in [4.69, 9.17) is 23.1 Å². The van der Waals surface area contributed by atoms with Crippen molar-refractivity contribution in [3.05, 3.63) is 0 Å². The van der Waals surface area contributed by atoms with Gasteiger partial charge in [-0.2, -0.15) is 0 Å². The van der Waals surface area contributed by atoms with Crippen molar-refractivity contribution in [1.82, 2.24) is 9.80 Å². The van der Waals surface area contributed by atoms with E-state index in [2.05, 4.69) is 4.90 Å². The normalized spacial score (nSPS) is 17.7. The van der Waals surface area contributed by atoms with E-state index in [1.54, 1.807) is 11.9 Å². The fourth-order valence-corrected chi connectivity index (χ4v) is 2.13. The first-order chi connectivity index (χ1) is 8.52. The van der Waals surface area contributed by atoms with E-state index in [-0.39, 0.29) is 12.5 Å². The second-order valence-corrected chi connectivity index (χ2v) is 5.46. The number of amides is 1. The lowest BCUT2D eigenvalue weighted by Crippen LogP contribution is -2.43. The molecule has 18 heavy (non-hydrogen) atoms. The molecule has 1 aliphatic heterocycles. The van der Waals surface area contributed by atoms with Crippen LogP contribution in [-0.2, 0) is 4.79 Å². The van der Waals surface area contributed by atoms with Crippen LogP contribution in [0.2, 0.25) is 0 Å². The van der Waals surface area contributed by atoms with Gasteiger partial charge in [0.15, 0.2) is 0 Å². The van der Waals surface area contributed by atoms with E-state index in [1.807, 2.05) is 0 Å². The topological polar surface area (TPSA) is 69.8 Å². The van der Waals surface area contributed by atoms with E-state index >= 15 is 0 Å². The highest BCUT2D eigenvalue weighted by Gasteiger charge is 2.21. The number of carbonyl (C=O) groups excluding carboxylic acids is 1. The monoisotopic (exact) mass is 273 g/mol. The molecule has 1 rings (SSSR count). The minimum atomic E-state index is 0.105. The lowest BCUT2D eigenvalue weighted by molar-refractivity contribution is -0.131. The molecule has 0 atom stereocenters. The van der Waals surface area contributed by atoms with Gasteiger partial charge in [0.2, 0.25) is 5.91 Å². The maximum absolute atomic E-state index is 11.9. The Balaban J connectivity index is 2.25. The van der Waals surface area contributed by atoms with Crippen LogP contribution in [0.15, 0.2) is 0 Å². The van der Waals surface area contributed by atoms with Gasteiger partial charge in [0, 0.05) is 26.6 Å². The standard InChI is InChI=1S/C12H23N3O2S/c1-14(5-4-11(13)18)12(17)8-15-6-2-10(9-16)3-7-15/h10,16H,2-9H2,1H3,(H2,13,18). The van der Waals surface area contributed by atoms with Crippen LogP contribution in [0.1, 0.15) is 19.3 Å². The van der Waals surface area contributed by atoms with Crippen molar-refractivity contribution in [2.24, 2.45) is 11.7 Å². The number of aliphatic hydroxyl groups excluding tert-OH is 1. The summed E-state index contributed by atoms with van der Waals surface area (Å²) >= 11 is 4.79. The Morgan fingerprint density at radius 3 is 2.61 bits per heavy atom. The molecule has 6 heteroatoms. The quantitative estimate of drug-likeness (QED) is 0.657. The zero-order valence-corrected chi connectivity index (χ0v) is 11.8. The Morgan fingerprint density at radius 2 is 2.11 bits per heavy atom. The third-order valence-corrected chi connectivity index (χ3v) is 3.65. The van der Waals surface area contributed by atoms with E-state index in [0.29, 0.717) is 30.4 Å². The van der Waals surface area contributed by atoms with Gasteiger partial charge < -0.3 is 15.7 Å². The van der Waals surface area contributed by atoms with Gasteiger partial charge in [0.05, 0.1) is 11.5 Å². The number of nitrogens with two attached hydrogens (primary N) is 1. The summed E-state index contributed by atoms with van der Waals surface area (Å²) in [4.78, 5) is 16.2. The number of hydrogen-bond donors (Lipinski definition) is 2. The first kappa shape index (κ1) is 15.3. The SMILES string of the molecule is CN(CCC(N)=S)C(=O)CN1CCC(CO)CC1. The largest absolute Gasteiger partial charge is 0.396 e. The zero-order valence-electron chi connectivity index (χ0n) is 11.0. The van der Waals surface area contributed by atoms with Crippen LogP contribution in [0.3, 0.4) is 0 Å². The number of likely N-dealkylation sites (N-methyl/N-ethyl adjacent to an activating group) is 1. The molecule has 0 aliphatic carbocycles. The van der Waals surface area contributed by atoms with Crippen LogP contribution in [-0.4, -0.2) is 65.6 Å². The zero-order chi connectivity index (χ0) is 13.5. The average molecular weight is 273 g/mol. The van der Waals surface area contributed by atoms with E-state index in [0.717, 1.165) is 25.9 Å². The maximum atomic E-state index is 11.9. The summed E-state index contributed by atoms with van der Waals surface area (Å²) in [6, 6.07) is 0. The molecule has 104 valence electrons. The van der Waals surface area contributed by atoms with Gasteiger partial charge in [0.25, 0.3) is 0 Å². The van der Waals surface area contributed by atoms with Gasteiger partial charge in [0.1, 0.15) is 0 Å². The molecule has 1 saturated heterocycles. The lowest BCUT2D eigenvalue weighted by atomic mass is 9.98. The predicted octanol–water partition coefficient (Wildman–Crippen LogP) is -0.175. The number of aliphatic hydroxyl groups is 1. The molecule has 5 nitrogen and oxygen atoms in total. The summed E-state index contributed by atoms with van der Waals surface area (Å²) in [6.45, 7) is 3.07. The Morgan fingerprint density at radius 1 is 1.50 bits per heavy atom. The van der Waals surface area contributed by atoms with Crippen LogP contribution in [0.5, 0.6) is 0 Å². The predicted molar refractivity (Wildman–Crippen MR) is 75.3 cm³/mol. The summed E-state index contributed by atoms with van der Waals surface area (Å²) < 4.78 is 0. The average Bonchev–Trinajstić information content (AvgIpc) is 2.36. The van der Waals surface area contributed by atoms with E-state index < -0.39 is 0 Å². The van der Waals surface area contributed by atoms with Gasteiger partial charge in [-0.05, 0) is 31.8 Å². The van der Waals surface area contributed by atoms with E-state index in [9.17, 15) is 4.79 Å². The first-order valence-corrected chi connectivity index (χ1v) is 6.79. The van der Waals surface area contributed by atoms with Crippen molar-refractivity contribution in [3.63, 3.8) is 0 Å². The molecular formula is C12H23N3O2S. The van der Waals surface area contributed by atoms with Gasteiger partial charge >= 0.3 is 0 Å². The highest BCUT2D eigenvalue weighted by Crippen LogP contribution is 2.16. The van der Waals surface area contributed by atoms with Gasteiger partial charge in [-0.15, -0.1) is 0 Å². The fourth-order valence-electron chi connectivity index (χ4n) is 2.04. The number of nitrogens with zero attached hydrogens (tertiary/aromatic N) is 2. The van der Waals surface area contributed by atoms with Crippen LogP contribution in [0.25, 0.3) is 0 Å². The second kappa shape index (κ2) is 7.66. The van der Waals surface area contributed by atoms with Crippen molar-refractivity contribution in [2.75, 3.05) is 39.8 Å². The summed E-state index contributed by atoms with van der Waals surface area (Å²) in [7, 11) is 1.78. The van der Waals surface area contributed by atoms with Crippen molar-refractivity contribution >= 4 is 23.1 Å². The Bertz CT molecular complexity index is 291. The van der Waals surface area contributed by atoms with Crippen LogP contribution >= 0.6 is 12.2 Å². The molecule has 0 radical (unpaired) electrons. The smallest absolute Gasteiger partial charge is 0.236 e. The summed E-state index contributed by atoms with van der Waals surface area (Å²) in [5.74, 6) is 0.511. The fraction of sp³-hybridized carbons (Fsp3) is 0.833. The third kappa shape index (κ3) is 5.29. The number of hydrogen-bond acceptors (Lipinski definition) is 4. The first-order valence-electron chi connectivity index (χ1n) is 6.38. The third-order valence-electron chi connectivity index (χ3n) is 3.44. The highest BCUT2D eigenvalue weighted by molar-refractivity contribution is 7.80. The summed E-state index contributed by atoms with van der Waals surface area (Å²) in [5.41, 5.74) is 5.42. The molecule has 3 N–H and O–H groups in total. The van der Waals surface area contributed by atoms with Crippen molar-refractivity contribution in [2.45, 2.75) is 19.3 Å². The number of piperidine rings is 1. The Hall–Kier alpha value is -0.720. The molecule has 0 aromatic heterocycles. The number of likely N-dealkylation sites (tertiary alicyclic amines) is 1. The molecule has 1 aliphatic rings. The summed E-state index contributed by atoms with van der Waals surface area (Å²) in [6.07, 6.45) is 2.52. The molecule has 0 saturated carbocycles. The van der Waals surface area contributed by atoms with Crippen LogP contribution in [0.4, 0.5) is 0 Å². The number of carbonyl (C=O) groups is 1. The van der Waals surface area contributed by atoms with Crippen LogP contribution in [0, 0.1) is 5.92 Å². The maximum Gasteiger partial charge on any atom is 0.236 e.